The molecule has 0 aliphatic heterocycles. The molecule has 0 saturated carbocycles. The molecule has 0 rings (SSSR count). The molecule has 0 aromatic heterocycles. The van der Waals surface area contributed by atoms with Gasteiger partial charge in [0.2, 0.25) is 0 Å². The summed E-state index contributed by atoms with van der Waals surface area (Å²) in [6.45, 7) is 6.51. The average Bonchev–Trinajstić information content (AvgIpc) is 2.53. The second-order valence-corrected chi connectivity index (χ2v) is 5.79. The zero-order chi connectivity index (χ0) is 16.8. The fourth-order valence-electron chi connectivity index (χ4n) is 2.18. The van der Waals surface area contributed by atoms with Crippen molar-refractivity contribution in [3.05, 3.63) is 0 Å². The Kier molecular flexibility index (Phi) is 12.6. The number of unbranched alkanes of at least 4 members (excludes halogenated alkanes) is 6. The second kappa shape index (κ2) is 13.4. The van der Waals surface area contributed by atoms with E-state index in [1.165, 1.54) is 39.2 Å². The number of carbonyl (C=O) groups excluding carboxylic acids is 2. The quantitative estimate of drug-likeness (QED) is 0.436. The zero-order valence-electron chi connectivity index (χ0n) is 14.7. The highest BCUT2D eigenvalue weighted by Gasteiger charge is 2.27. The number of carbonyl (C=O) groups is 2. The third kappa shape index (κ3) is 9.64. The van der Waals surface area contributed by atoms with Crippen LogP contribution in [-0.2, 0) is 14.3 Å². The first-order valence-electron chi connectivity index (χ1n) is 8.57. The molecule has 1 amide bonds. The Balaban J connectivity index is 3.95. The van der Waals surface area contributed by atoms with Crippen molar-refractivity contribution in [3.8, 4) is 0 Å². The number of nitrogens with one attached hydrogen (secondary N) is 1. The summed E-state index contributed by atoms with van der Waals surface area (Å²) < 4.78 is 9.85. The third-order valence-electron chi connectivity index (χ3n) is 3.92. The van der Waals surface area contributed by atoms with Gasteiger partial charge < -0.3 is 14.8 Å². The normalized spacial score (nSPS) is 13.3. The first-order chi connectivity index (χ1) is 10.6. The summed E-state index contributed by atoms with van der Waals surface area (Å²) in [5, 5.41) is 2.56. The van der Waals surface area contributed by atoms with E-state index in [0.717, 1.165) is 19.3 Å². The summed E-state index contributed by atoms with van der Waals surface area (Å²) in [7, 11) is 1.28. The van der Waals surface area contributed by atoms with Crippen molar-refractivity contribution in [3.63, 3.8) is 0 Å². The number of methoxy groups -OCH3 is 1. The zero-order valence-corrected chi connectivity index (χ0v) is 14.7. The maximum absolute atomic E-state index is 12.1. The van der Waals surface area contributed by atoms with E-state index in [0.29, 0.717) is 6.61 Å². The summed E-state index contributed by atoms with van der Waals surface area (Å²) in [6, 6.07) is -0.637. The van der Waals surface area contributed by atoms with E-state index in [4.69, 9.17) is 4.74 Å². The Bertz CT molecular complexity index is 307. The maximum atomic E-state index is 12.1. The Morgan fingerprint density at radius 2 is 1.59 bits per heavy atom. The van der Waals surface area contributed by atoms with E-state index in [9.17, 15) is 9.59 Å². The number of hydrogen-bond donors (Lipinski definition) is 1. The van der Waals surface area contributed by atoms with Crippen LogP contribution in [0.2, 0.25) is 0 Å². The molecule has 0 spiro atoms. The van der Waals surface area contributed by atoms with E-state index in [1.807, 2.05) is 13.8 Å². The lowest BCUT2D eigenvalue weighted by Crippen LogP contribution is -2.46. The first kappa shape index (κ1) is 20.7. The molecule has 0 fully saturated rings. The van der Waals surface area contributed by atoms with Gasteiger partial charge in [-0.1, -0.05) is 65.7 Å². The SMILES string of the molecule is CCCCCCCCCOC(=O)[C@@H](NC(=O)OC)C(C)CC. The molecular formula is C17H33NO4. The molecule has 5 heteroatoms. The molecule has 22 heavy (non-hydrogen) atoms. The van der Waals surface area contributed by atoms with Gasteiger partial charge >= 0.3 is 12.1 Å². The van der Waals surface area contributed by atoms with E-state index in [-0.39, 0.29) is 11.9 Å². The van der Waals surface area contributed by atoms with Crippen molar-refractivity contribution in [2.75, 3.05) is 13.7 Å². The molecule has 0 aliphatic rings. The molecule has 1 unspecified atom stereocenters. The van der Waals surface area contributed by atoms with Gasteiger partial charge in [-0.15, -0.1) is 0 Å². The Hall–Kier alpha value is -1.26. The lowest BCUT2D eigenvalue weighted by molar-refractivity contribution is -0.147. The van der Waals surface area contributed by atoms with Crippen molar-refractivity contribution in [1.29, 1.82) is 0 Å². The van der Waals surface area contributed by atoms with Crippen LogP contribution in [0, 0.1) is 5.92 Å². The van der Waals surface area contributed by atoms with Crippen molar-refractivity contribution >= 4 is 12.1 Å². The molecule has 130 valence electrons. The van der Waals surface area contributed by atoms with Gasteiger partial charge in [-0.3, -0.25) is 0 Å². The smallest absolute Gasteiger partial charge is 0.407 e. The van der Waals surface area contributed by atoms with Crippen LogP contribution in [0.5, 0.6) is 0 Å². The molecule has 0 aromatic rings. The van der Waals surface area contributed by atoms with E-state index < -0.39 is 12.1 Å². The predicted octanol–water partition coefficient (Wildman–Crippen LogP) is 4.05. The number of rotatable bonds is 12. The molecule has 0 radical (unpaired) electrons. The Morgan fingerprint density at radius 3 is 2.14 bits per heavy atom. The van der Waals surface area contributed by atoms with Crippen molar-refractivity contribution in [1.82, 2.24) is 5.32 Å². The molecule has 5 nitrogen and oxygen atoms in total. The van der Waals surface area contributed by atoms with Crippen molar-refractivity contribution in [2.24, 2.45) is 5.92 Å². The minimum absolute atomic E-state index is 0.0145. The Morgan fingerprint density at radius 1 is 1.00 bits per heavy atom. The minimum Gasteiger partial charge on any atom is -0.464 e. The van der Waals surface area contributed by atoms with Crippen LogP contribution in [0.3, 0.4) is 0 Å². The summed E-state index contributed by atoms with van der Waals surface area (Å²) in [5.74, 6) is -0.355. The van der Waals surface area contributed by atoms with Crippen LogP contribution in [0.4, 0.5) is 4.79 Å². The lowest BCUT2D eigenvalue weighted by Gasteiger charge is -2.21. The van der Waals surface area contributed by atoms with E-state index >= 15 is 0 Å². The van der Waals surface area contributed by atoms with Crippen LogP contribution in [0.25, 0.3) is 0 Å². The third-order valence-corrected chi connectivity index (χ3v) is 3.92. The molecule has 0 heterocycles. The molecule has 0 bridgehead atoms. The Labute approximate surface area is 135 Å². The van der Waals surface area contributed by atoms with Gasteiger partial charge in [-0.2, -0.15) is 0 Å². The minimum atomic E-state index is -0.637. The molecule has 0 aliphatic carbocycles. The van der Waals surface area contributed by atoms with Gasteiger partial charge in [-0.25, -0.2) is 9.59 Å². The number of esters is 1. The summed E-state index contributed by atoms with van der Waals surface area (Å²) in [6.07, 6.45) is 8.41. The highest BCUT2D eigenvalue weighted by atomic mass is 16.5. The number of hydrogen-bond acceptors (Lipinski definition) is 4. The first-order valence-corrected chi connectivity index (χ1v) is 8.57. The summed E-state index contributed by atoms with van der Waals surface area (Å²) in [5.41, 5.74) is 0. The van der Waals surface area contributed by atoms with Crippen LogP contribution in [-0.4, -0.2) is 31.8 Å². The van der Waals surface area contributed by atoms with E-state index in [2.05, 4.69) is 17.0 Å². The summed E-state index contributed by atoms with van der Waals surface area (Å²) in [4.78, 5) is 23.4. The van der Waals surface area contributed by atoms with Crippen LogP contribution in [0.1, 0.15) is 72.1 Å². The molecule has 0 aromatic carbocycles. The largest absolute Gasteiger partial charge is 0.464 e. The van der Waals surface area contributed by atoms with Gasteiger partial charge in [-0.05, 0) is 12.3 Å². The van der Waals surface area contributed by atoms with Crippen LogP contribution in [0.15, 0.2) is 0 Å². The lowest BCUT2D eigenvalue weighted by atomic mass is 9.99. The molecule has 2 atom stereocenters. The summed E-state index contributed by atoms with van der Waals surface area (Å²) >= 11 is 0. The van der Waals surface area contributed by atoms with Gasteiger partial charge in [0.15, 0.2) is 0 Å². The van der Waals surface area contributed by atoms with Gasteiger partial charge in [0.1, 0.15) is 6.04 Å². The van der Waals surface area contributed by atoms with Crippen LogP contribution >= 0.6 is 0 Å². The fraction of sp³-hybridized carbons (Fsp3) is 0.882. The van der Waals surface area contributed by atoms with E-state index in [1.54, 1.807) is 0 Å². The topological polar surface area (TPSA) is 64.6 Å². The predicted molar refractivity (Wildman–Crippen MR) is 87.7 cm³/mol. The second-order valence-electron chi connectivity index (χ2n) is 5.79. The standard InChI is InChI=1S/C17H33NO4/c1-5-7-8-9-10-11-12-13-22-16(19)15(14(3)6-2)18-17(20)21-4/h14-15H,5-13H2,1-4H3,(H,18,20)/t14?,15-/m0/s1. The van der Waals surface area contributed by atoms with Gasteiger partial charge in [0.05, 0.1) is 13.7 Å². The fourth-order valence-corrected chi connectivity index (χ4v) is 2.18. The molecular weight excluding hydrogens is 282 g/mol. The highest BCUT2D eigenvalue weighted by Crippen LogP contribution is 2.11. The molecule has 1 N–H and O–H groups in total. The van der Waals surface area contributed by atoms with Gasteiger partial charge in [0.25, 0.3) is 0 Å². The van der Waals surface area contributed by atoms with Gasteiger partial charge in [0, 0.05) is 0 Å². The monoisotopic (exact) mass is 315 g/mol. The van der Waals surface area contributed by atoms with Crippen molar-refractivity contribution in [2.45, 2.75) is 78.2 Å². The molecule has 0 saturated heterocycles. The average molecular weight is 315 g/mol. The highest BCUT2D eigenvalue weighted by molar-refractivity contribution is 5.81. The van der Waals surface area contributed by atoms with Crippen LogP contribution < -0.4 is 5.32 Å². The maximum Gasteiger partial charge on any atom is 0.407 e. The number of ether oxygens (including phenoxy) is 2. The number of amides is 1. The number of alkyl carbamates (subject to hydrolysis) is 1. The van der Waals surface area contributed by atoms with Crippen molar-refractivity contribution < 1.29 is 19.1 Å².